The smallest absolute Gasteiger partial charge is 0.408 e. The minimum absolute atomic E-state index is 0.0103. The quantitative estimate of drug-likeness (QED) is 0.114. The first-order chi connectivity index (χ1) is 27.3. The Morgan fingerprint density at radius 2 is 1.29 bits per heavy atom. The molecular weight excluding hydrogens is 707 g/mol. The third-order valence-electron chi connectivity index (χ3n) is 10.4. The zero-order chi connectivity index (χ0) is 38.9. The van der Waals surface area contributed by atoms with Gasteiger partial charge in [-0.1, -0.05) is 146 Å². The number of rotatable bonds is 14. The molecule has 0 spiro atoms. The van der Waals surface area contributed by atoms with Crippen molar-refractivity contribution in [3.05, 3.63) is 178 Å². The number of benzene rings is 5. The number of carbonyl (C=O) groups is 3. The van der Waals surface area contributed by atoms with Crippen molar-refractivity contribution in [3.63, 3.8) is 0 Å². The van der Waals surface area contributed by atoms with E-state index in [4.69, 9.17) is 14.2 Å². The molecule has 56 heavy (non-hydrogen) atoms. The lowest BCUT2D eigenvalue weighted by Crippen LogP contribution is -2.44. The van der Waals surface area contributed by atoms with Gasteiger partial charge < -0.3 is 24.6 Å². The van der Waals surface area contributed by atoms with Crippen LogP contribution in [0.15, 0.2) is 140 Å². The Labute approximate surface area is 327 Å². The largest absolute Gasteiger partial charge is 0.445 e. The van der Waals surface area contributed by atoms with Gasteiger partial charge in [0.15, 0.2) is 6.29 Å². The number of likely N-dealkylation sites (tertiary alicyclic amines) is 1. The van der Waals surface area contributed by atoms with Gasteiger partial charge in [0, 0.05) is 31.1 Å². The Morgan fingerprint density at radius 3 is 1.88 bits per heavy atom. The summed E-state index contributed by atoms with van der Waals surface area (Å²) in [6, 6.07) is 44.5. The molecule has 2 saturated heterocycles. The highest BCUT2D eigenvalue weighted by Gasteiger charge is 2.41. The summed E-state index contributed by atoms with van der Waals surface area (Å²) in [5.41, 5.74) is 6.63. The summed E-state index contributed by atoms with van der Waals surface area (Å²) in [7, 11) is 0. The van der Waals surface area contributed by atoms with Crippen LogP contribution in [-0.2, 0) is 56.6 Å². The number of amides is 3. The number of aliphatic hydroxyl groups excluding tert-OH is 1. The van der Waals surface area contributed by atoms with Gasteiger partial charge >= 0.3 is 6.09 Å². The van der Waals surface area contributed by atoms with Crippen LogP contribution in [-0.4, -0.2) is 51.5 Å². The third kappa shape index (κ3) is 9.77. The van der Waals surface area contributed by atoms with Crippen LogP contribution in [0.5, 0.6) is 0 Å². The number of carbonyl (C=O) groups excluding carboxylic acids is 3. The minimum Gasteiger partial charge on any atom is -0.445 e. The first kappa shape index (κ1) is 38.6. The molecule has 7 rings (SSSR count). The van der Waals surface area contributed by atoms with Crippen LogP contribution in [0.3, 0.4) is 0 Å². The SMILES string of the molecule is C[C@H]1[C@@H](CN(Cc2ccccc2)Cc2ccccc2)O[C@@H](c2ccc(CN3C(=O)CC(NC(=O)OCc4ccccc4)C3=O)cc2)O[C@H]1c1ccc(CO)cc1. The van der Waals surface area contributed by atoms with Crippen LogP contribution < -0.4 is 5.32 Å². The second-order valence-corrected chi connectivity index (χ2v) is 14.5. The second kappa shape index (κ2) is 18.3. The van der Waals surface area contributed by atoms with Gasteiger partial charge in [-0.25, -0.2) is 4.79 Å². The number of ether oxygens (including phenoxy) is 3. The zero-order valence-corrected chi connectivity index (χ0v) is 31.4. The van der Waals surface area contributed by atoms with Crippen LogP contribution >= 0.6 is 0 Å². The number of nitrogens with zero attached hydrogens (tertiary/aromatic N) is 2. The molecule has 0 saturated carbocycles. The van der Waals surface area contributed by atoms with Crippen LogP contribution in [0.2, 0.25) is 0 Å². The van der Waals surface area contributed by atoms with Gasteiger partial charge in [0.25, 0.3) is 5.91 Å². The Hall–Kier alpha value is -5.65. The number of alkyl carbamates (subject to hydrolysis) is 1. The van der Waals surface area contributed by atoms with E-state index in [1.165, 1.54) is 16.0 Å². The summed E-state index contributed by atoms with van der Waals surface area (Å²) in [6.45, 7) is 4.39. The molecule has 2 fully saturated rings. The predicted octanol–water partition coefficient (Wildman–Crippen LogP) is 7.23. The van der Waals surface area contributed by atoms with E-state index < -0.39 is 24.3 Å². The number of imide groups is 1. The van der Waals surface area contributed by atoms with E-state index in [9.17, 15) is 19.5 Å². The summed E-state index contributed by atoms with van der Waals surface area (Å²) in [5, 5.41) is 12.2. The van der Waals surface area contributed by atoms with Crippen LogP contribution in [0.1, 0.15) is 64.7 Å². The highest BCUT2D eigenvalue weighted by atomic mass is 16.7. The molecule has 5 aromatic rings. The summed E-state index contributed by atoms with van der Waals surface area (Å²) in [6.07, 6.45) is -2.06. The molecular formula is C46H47N3O7. The van der Waals surface area contributed by atoms with Crippen molar-refractivity contribution in [3.8, 4) is 0 Å². The van der Waals surface area contributed by atoms with Gasteiger partial charge in [-0.2, -0.15) is 0 Å². The van der Waals surface area contributed by atoms with E-state index in [1.807, 2.05) is 91.0 Å². The maximum absolute atomic E-state index is 13.2. The number of nitrogens with one attached hydrogen (secondary N) is 1. The molecule has 10 nitrogen and oxygen atoms in total. The van der Waals surface area contributed by atoms with E-state index >= 15 is 0 Å². The summed E-state index contributed by atoms with van der Waals surface area (Å²) >= 11 is 0. The van der Waals surface area contributed by atoms with Crippen molar-refractivity contribution in [2.75, 3.05) is 6.54 Å². The molecule has 2 heterocycles. The molecule has 5 aromatic carbocycles. The molecule has 5 atom stereocenters. The molecule has 3 amide bonds. The van der Waals surface area contributed by atoms with E-state index in [-0.39, 0.29) is 50.2 Å². The lowest BCUT2D eigenvalue weighted by Gasteiger charge is -2.43. The van der Waals surface area contributed by atoms with Crippen molar-refractivity contribution in [2.45, 2.75) is 70.7 Å². The monoisotopic (exact) mass is 753 g/mol. The van der Waals surface area contributed by atoms with E-state index in [2.05, 4.69) is 65.7 Å². The maximum atomic E-state index is 13.2. The molecule has 0 aliphatic carbocycles. The fourth-order valence-electron chi connectivity index (χ4n) is 7.28. The van der Waals surface area contributed by atoms with Gasteiger partial charge in [-0.3, -0.25) is 19.4 Å². The molecule has 0 aromatic heterocycles. The fraction of sp³-hybridized carbons (Fsp3) is 0.283. The van der Waals surface area contributed by atoms with Gasteiger partial charge in [0.1, 0.15) is 12.6 Å². The topological polar surface area (TPSA) is 118 Å². The second-order valence-electron chi connectivity index (χ2n) is 14.5. The molecule has 0 radical (unpaired) electrons. The Morgan fingerprint density at radius 1 is 0.732 bits per heavy atom. The molecule has 10 heteroatoms. The van der Waals surface area contributed by atoms with E-state index in [0.717, 1.165) is 40.9 Å². The van der Waals surface area contributed by atoms with Crippen LogP contribution in [0.25, 0.3) is 0 Å². The summed E-state index contributed by atoms with van der Waals surface area (Å²) < 4.78 is 18.8. The number of hydrogen-bond acceptors (Lipinski definition) is 8. The van der Waals surface area contributed by atoms with Gasteiger partial charge in [-0.15, -0.1) is 0 Å². The predicted molar refractivity (Wildman–Crippen MR) is 210 cm³/mol. The van der Waals surface area contributed by atoms with Crippen LogP contribution in [0, 0.1) is 5.92 Å². The van der Waals surface area contributed by atoms with Gasteiger partial charge in [-0.05, 0) is 33.4 Å². The fourth-order valence-corrected chi connectivity index (χ4v) is 7.28. The van der Waals surface area contributed by atoms with Crippen molar-refractivity contribution in [2.24, 2.45) is 5.92 Å². The Kier molecular flexibility index (Phi) is 12.6. The Bertz CT molecular complexity index is 2000. The zero-order valence-electron chi connectivity index (χ0n) is 31.4. The average Bonchev–Trinajstić information content (AvgIpc) is 3.49. The van der Waals surface area contributed by atoms with Crippen molar-refractivity contribution >= 4 is 17.9 Å². The lowest BCUT2D eigenvalue weighted by atomic mass is 9.89. The van der Waals surface area contributed by atoms with Crippen molar-refractivity contribution in [1.82, 2.24) is 15.1 Å². The van der Waals surface area contributed by atoms with Gasteiger partial charge in [0.2, 0.25) is 5.91 Å². The molecule has 2 aliphatic rings. The standard InChI is InChI=1S/C46H47N3O7/c1-32-41(29-48(26-33-11-5-2-6-12-33)27-34-13-7-3-8-14-34)55-45(56-43(32)38-21-19-36(30-50)20-22-38)39-23-17-35(18-24-39)28-49-42(51)25-40(44(49)52)47-46(53)54-31-37-15-9-4-10-16-37/h2-24,32,40-41,43,45,50H,25-31H2,1H3,(H,47,53)/t32-,40?,41+,43+,45+/m0/s1. The lowest BCUT2D eigenvalue weighted by molar-refractivity contribution is -0.276. The van der Waals surface area contributed by atoms with E-state index in [0.29, 0.717) is 6.54 Å². The van der Waals surface area contributed by atoms with Gasteiger partial charge in [0.05, 0.1) is 31.8 Å². The first-order valence-electron chi connectivity index (χ1n) is 19.0. The maximum Gasteiger partial charge on any atom is 0.408 e. The molecule has 2 aliphatic heterocycles. The average molecular weight is 754 g/mol. The number of hydrogen-bond donors (Lipinski definition) is 2. The van der Waals surface area contributed by atoms with E-state index in [1.54, 1.807) is 0 Å². The third-order valence-corrected chi connectivity index (χ3v) is 10.4. The molecule has 0 bridgehead atoms. The van der Waals surface area contributed by atoms with Crippen LogP contribution in [0.4, 0.5) is 4.79 Å². The molecule has 2 N–H and O–H groups in total. The number of aliphatic hydroxyl groups is 1. The van der Waals surface area contributed by atoms with Crippen molar-refractivity contribution < 1.29 is 33.7 Å². The molecule has 1 unspecified atom stereocenters. The Balaban J connectivity index is 1.05. The highest BCUT2D eigenvalue weighted by Crippen LogP contribution is 2.42. The molecule has 288 valence electrons. The summed E-state index contributed by atoms with van der Waals surface area (Å²) in [4.78, 5) is 42.2. The highest BCUT2D eigenvalue weighted by molar-refractivity contribution is 6.06. The normalized spacial score (nSPS) is 21.0. The summed E-state index contributed by atoms with van der Waals surface area (Å²) in [5.74, 6) is -0.852. The first-order valence-corrected chi connectivity index (χ1v) is 19.0. The van der Waals surface area contributed by atoms with Crippen molar-refractivity contribution in [1.29, 1.82) is 0 Å². The minimum atomic E-state index is -0.986.